The maximum Gasteiger partial charge on any atom is 0.0992 e. The molecule has 0 radical (unpaired) electrons. The van der Waals surface area contributed by atoms with E-state index in [1.165, 1.54) is 38.1 Å². The molecule has 0 N–H and O–H groups in total. The van der Waals surface area contributed by atoms with Gasteiger partial charge in [0.1, 0.15) is 0 Å². The standard InChI is InChI=1S/C49H31N3/c50-32-33-26-38(29-39(27-33)37-23-25-49-45(31-37)43-19-8-10-21-47(43)52(49)41-16-5-2-6-17-41)35-13-11-12-34(28-35)36-22-24-48-44(30-36)42-18-7-9-20-46(42)51(48)40-14-3-1-4-15-40/h1-31H. The predicted octanol–water partition coefficient (Wildman–Crippen LogP) is 12.8. The molecule has 3 nitrogen and oxygen atoms in total. The van der Waals surface area contributed by atoms with Gasteiger partial charge in [-0.25, -0.2) is 0 Å². The number of para-hydroxylation sites is 4. The van der Waals surface area contributed by atoms with Crippen LogP contribution in [0.5, 0.6) is 0 Å². The Morgan fingerprint density at radius 1 is 0.308 bits per heavy atom. The van der Waals surface area contributed by atoms with E-state index in [0.29, 0.717) is 5.56 Å². The second-order valence-corrected chi connectivity index (χ2v) is 13.3. The molecule has 3 heteroatoms. The van der Waals surface area contributed by atoms with Crippen LogP contribution in [0.2, 0.25) is 0 Å². The summed E-state index contributed by atoms with van der Waals surface area (Å²) in [6, 6.07) is 69.0. The Kier molecular flexibility index (Phi) is 6.87. The first-order chi connectivity index (χ1) is 25.7. The lowest BCUT2D eigenvalue weighted by Gasteiger charge is -2.11. The molecule has 0 fully saturated rings. The maximum atomic E-state index is 10.2. The molecule has 0 aliphatic rings. The van der Waals surface area contributed by atoms with Crippen molar-refractivity contribution in [1.82, 2.24) is 9.13 Å². The maximum absolute atomic E-state index is 10.2. The third-order valence-electron chi connectivity index (χ3n) is 10.3. The quantitative estimate of drug-likeness (QED) is 0.181. The van der Waals surface area contributed by atoms with Gasteiger partial charge in [0.05, 0.1) is 33.7 Å². The number of nitrogens with zero attached hydrogens (tertiary/aromatic N) is 3. The molecular formula is C49H31N3. The number of hydrogen-bond donors (Lipinski definition) is 0. The van der Waals surface area contributed by atoms with Crippen LogP contribution in [-0.4, -0.2) is 9.13 Å². The van der Waals surface area contributed by atoms with Gasteiger partial charge in [-0.15, -0.1) is 0 Å². The molecule has 2 heterocycles. The van der Waals surface area contributed by atoms with Crippen LogP contribution in [0.3, 0.4) is 0 Å². The van der Waals surface area contributed by atoms with Gasteiger partial charge in [-0.3, -0.25) is 0 Å². The highest BCUT2D eigenvalue weighted by atomic mass is 15.0. The summed E-state index contributed by atoms with van der Waals surface area (Å²) in [5, 5.41) is 15.0. The van der Waals surface area contributed by atoms with Crippen LogP contribution in [0, 0.1) is 11.3 Å². The van der Waals surface area contributed by atoms with Crippen molar-refractivity contribution in [1.29, 1.82) is 5.26 Å². The zero-order valence-electron chi connectivity index (χ0n) is 28.2. The van der Waals surface area contributed by atoms with Gasteiger partial charge in [-0.2, -0.15) is 5.26 Å². The van der Waals surface area contributed by atoms with Crippen molar-refractivity contribution in [3.05, 3.63) is 194 Å². The van der Waals surface area contributed by atoms with Gasteiger partial charge in [-0.1, -0.05) is 103 Å². The van der Waals surface area contributed by atoms with Crippen LogP contribution in [0.4, 0.5) is 0 Å². The van der Waals surface area contributed by atoms with E-state index >= 15 is 0 Å². The van der Waals surface area contributed by atoms with Crippen LogP contribution in [0.1, 0.15) is 5.56 Å². The van der Waals surface area contributed by atoms with Crippen molar-refractivity contribution in [3.8, 4) is 50.8 Å². The molecular weight excluding hydrogens is 631 g/mol. The van der Waals surface area contributed by atoms with Gasteiger partial charge in [0, 0.05) is 32.9 Å². The molecule has 0 saturated heterocycles. The summed E-state index contributed by atoms with van der Waals surface area (Å²) in [6.45, 7) is 0. The second kappa shape index (κ2) is 12.0. The minimum absolute atomic E-state index is 0.639. The minimum atomic E-state index is 0.639. The molecule has 0 saturated carbocycles. The van der Waals surface area contributed by atoms with Gasteiger partial charge in [0.2, 0.25) is 0 Å². The molecule has 2 aromatic heterocycles. The van der Waals surface area contributed by atoms with Crippen molar-refractivity contribution < 1.29 is 0 Å². The van der Waals surface area contributed by atoms with Crippen LogP contribution in [-0.2, 0) is 0 Å². The summed E-state index contributed by atoms with van der Waals surface area (Å²) in [5.74, 6) is 0. The van der Waals surface area contributed by atoms with E-state index in [4.69, 9.17) is 0 Å². The highest BCUT2D eigenvalue weighted by Gasteiger charge is 2.16. The number of fused-ring (bicyclic) bond motifs is 6. The second-order valence-electron chi connectivity index (χ2n) is 13.3. The molecule has 8 aromatic carbocycles. The van der Waals surface area contributed by atoms with E-state index in [-0.39, 0.29) is 0 Å². The Morgan fingerprint density at radius 2 is 0.712 bits per heavy atom. The van der Waals surface area contributed by atoms with Crippen molar-refractivity contribution in [2.24, 2.45) is 0 Å². The molecule has 0 bridgehead atoms. The van der Waals surface area contributed by atoms with Gasteiger partial charge in [0.15, 0.2) is 0 Å². The number of benzene rings is 8. The van der Waals surface area contributed by atoms with Crippen LogP contribution in [0.25, 0.3) is 88.4 Å². The van der Waals surface area contributed by atoms with E-state index in [0.717, 1.165) is 50.3 Å². The topological polar surface area (TPSA) is 33.6 Å². The van der Waals surface area contributed by atoms with Gasteiger partial charge >= 0.3 is 0 Å². The van der Waals surface area contributed by atoms with E-state index < -0.39 is 0 Å². The lowest BCUT2D eigenvalue weighted by Crippen LogP contribution is -1.93. The van der Waals surface area contributed by atoms with Crippen molar-refractivity contribution in [3.63, 3.8) is 0 Å². The molecule has 0 aliphatic heterocycles. The zero-order valence-corrected chi connectivity index (χ0v) is 28.2. The smallest absolute Gasteiger partial charge is 0.0992 e. The molecule has 10 rings (SSSR count). The summed E-state index contributed by atoms with van der Waals surface area (Å²) < 4.78 is 4.67. The Balaban J connectivity index is 1.08. The average molecular weight is 662 g/mol. The van der Waals surface area contributed by atoms with Crippen LogP contribution < -0.4 is 0 Å². The van der Waals surface area contributed by atoms with Crippen LogP contribution >= 0.6 is 0 Å². The van der Waals surface area contributed by atoms with Gasteiger partial charge in [-0.05, 0) is 118 Å². The Bertz CT molecular complexity index is 3010. The Hall–Kier alpha value is -7.15. The molecule has 0 unspecified atom stereocenters. The number of nitriles is 1. The zero-order chi connectivity index (χ0) is 34.6. The minimum Gasteiger partial charge on any atom is -0.309 e. The fourth-order valence-corrected chi connectivity index (χ4v) is 7.92. The fraction of sp³-hybridized carbons (Fsp3) is 0. The van der Waals surface area contributed by atoms with E-state index in [9.17, 15) is 5.26 Å². The van der Waals surface area contributed by atoms with E-state index in [1.807, 2.05) is 12.1 Å². The third kappa shape index (κ3) is 4.81. The molecule has 242 valence electrons. The first-order valence-corrected chi connectivity index (χ1v) is 17.6. The molecule has 0 aliphatic carbocycles. The molecule has 0 spiro atoms. The highest BCUT2D eigenvalue weighted by molar-refractivity contribution is 6.11. The molecule has 10 aromatic rings. The van der Waals surface area contributed by atoms with E-state index in [2.05, 4.69) is 191 Å². The monoisotopic (exact) mass is 661 g/mol. The SMILES string of the molecule is N#Cc1cc(-c2cccc(-c3ccc4c(c3)c3ccccc3n4-c3ccccc3)c2)cc(-c2ccc3c(c2)c2ccccc2n3-c2ccccc2)c1. The fourth-order valence-electron chi connectivity index (χ4n) is 7.92. The lowest BCUT2D eigenvalue weighted by atomic mass is 9.93. The average Bonchev–Trinajstić information content (AvgIpc) is 3.73. The number of hydrogen-bond acceptors (Lipinski definition) is 1. The Labute approximate surface area is 301 Å². The summed E-state index contributed by atoms with van der Waals surface area (Å²) in [6.07, 6.45) is 0. The largest absolute Gasteiger partial charge is 0.309 e. The van der Waals surface area contributed by atoms with Crippen molar-refractivity contribution in [2.75, 3.05) is 0 Å². The summed E-state index contributed by atoms with van der Waals surface area (Å²) in [7, 11) is 0. The third-order valence-corrected chi connectivity index (χ3v) is 10.3. The highest BCUT2D eigenvalue weighted by Crippen LogP contribution is 2.38. The van der Waals surface area contributed by atoms with Gasteiger partial charge < -0.3 is 9.13 Å². The van der Waals surface area contributed by atoms with E-state index in [1.54, 1.807) is 0 Å². The molecule has 0 atom stereocenters. The first kappa shape index (κ1) is 29.7. The van der Waals surface area contributed by atoms with Gasteiger partial charge in [0.25, 0.3) is 0 Å². The lowest BCUT2D eigenvalue weighted by molar-refractivity contribution is 1.18. The summed E-state index contributed by atoms with van der Waals surface area (Å²) in [5.41, 5.74) is 14.1. The predicted molar refractivity (Wildman–Crippen MR) is 216 cm³/mol. The first-order valence-electron chi connectivity index (χ1n) is 17.6. The number of aromatic nitrogens is 2. The Morgan fingerprint density at radius 3 is 1.23 bits per heavy atom. The summed E-state index contributed by atoms with van der Waals surface area (Å²) in [4.78, 5) is 0. The molecule has 52 heavy (non-hydrogen) atoms. The normalized spacial score (nSPS) is 11.4. The number of rotatable bonds is 5. The van der Waals surface area contributed by atoms with Crippen LogP contribution in [0.15, 0.2) is 188 Å². The van der Waals surface area contributed by atoms with Crippen molar-refractivity contribution in [2.45, 2.75) is 0 Å². The summed E-state index contributed by atoms with van der Waals surface area (Å²) >= 11 is 0. The molecule has 0 amide bonds. The van der Waals surface area contributed by atoms with Crippen molar-refractivity contribution >= 4 is 43.6 Å².